The van der Waals surface area contributed by atoms with Gasteiger partial charge in [-0.05, 0) is 47.6 Å². The average Bonchev–Trinajstić information content (AvgIpc) is 3.47. The number of aromatic nitrogens is 2. The summed E-state index contributed by atoms with van der Waals surface area (Å²) in [5.74, 6) is 0.822. The van der Waals surface area contributed by atoms with E-state index in [0.29, 0.717) is 12.1 Å². The van der Waals surface area contributed by atoms with Crippen LogP contribution in [-0.2, 0) is 17.6 Å². The van der Waals surface area contributed by atoms with E-state index >= 15 is 0 Å². The van der Waals surface area contributed by atoms with Gasteiger partial charge in [0.2, 0.25) is 0 Å². The third-order valence-corrected chi connectivity index (χ3v) is 7.73. The Morgan fingerprint density at radius 3 is 1.89 bits per heavy atom. The average molecular weight is 487 g/mol. The first kappa shape index (κ1) is 23.3. The molecule has 0 bridgehead atoms. The maximum Gasteiger partial charge on any atom is 0.133 e. The van der Waals surface area contributed by atoms with Gasteiger partial charge < -0.3 is 14.4 Å². The third-order valence-electron chi connectivity index (χ3n) is 7.73. The van der Waals surface area contributed by atoms with Crippen molar-refractivity contribution in [2.24, 2.45) is 0 Å². The monoisotopic (exact) mass is 486 g/mol. The molecule has 4 nitrogen and oxygen atoms in total. The fourth-order valence-electron chi connectivity index (χ4n) is 6.03. The van der Waals surface area contributed by atoms with Crippen molar-refractivity contribution in [3.05, 3.63) is 155 Å². The summed E-state index contributed by atoms with van der Waals surface area (Å²) >= 11 is 0. The maximum atomic E-state index is 12.2. The van der Waals surface area contributed by atoms with Crippen LogP contribution in [0.4, 0.5) is 0 Å². The van der Waals surface area contributed by atoms with Crippen molar-refractivity contribution in [1.82, 2.24) is 9.55 Å². The van der Waals surface area contributed by atoms with Gasteiger partial charge in [0.1, 0.15) is 16.9 Å². The van der Waals surface area contributed by atoms with Crippen LogP contribution >= 0.6 is 0 Å². The number of imidazole rings is 1. The van der Waals surface area contributed by atoms with E-state index in [2.05, 4.69) is 77.4 Å². The van der Waals surface area contributed by atoms with Gasteiger partial charge in [-0.15, -0.1) is 0 Å². The molecular weight excluding hydrogens is 456 g/mol. The Morgan fingerprint density at radius 2 is 1.35 bits per heavy atom. The lowest BCUT2D eigenvalue weighted by Gasteiger charge is -2.38. The third kappa shape index (κ3) is 3.68. The molecule has 4 heteroatoms. The molecule has 0 amide bonds. The quantitative estimate of drug-likeness (QED) is 0.286. The summed E-state index contributed by atoms with van der Waals surface area (Å²) in [7, 11) is 1.69. The van der Waals surface area contributed by atoms with Gasteiger partial charge in [0, 0.05) is 11.8 Å². The molecule has 1 aromatic heterocycles. The van der Waals surface area contributed by atoms with Crippen LogP contribution in [0.1, 0.15) is 46.4 Å². The normalized spacial score (nSPS) is 17.2. The van der Waals surface area contributed by atoms with Crippen LogP contribution in [0, 0.1) is 0 Å². The molecule has 1 atom stereocenters. The fourth-order valence-corrected chi connectivity index (χ4v) is 6.03. The molecule has 184 valence electrons. The number of ether oxygens (including phenoxy) is 1. The van der Waals surface area contributed by atoms with Crippen LogP contribution in [-0.4, -0.2) is 21.8 Å². The zero-order chi connectivity index (χ0) is 25.3. The van der Waals surface area contributed by atoms with Crippen LogP contribution in [0.3, 0.4) is 0 Å². The molecule has 0 spiro atoms. The van der Waals surface area contributed by atoms with Gasteiger partial charge in [-0.1, -0.05) is 103 Å². The van der Waals surface area contributed by atoms with Crippen LogP contribution in [0.25, 0.3) is 0 Å². The second-order valence-electron chi connectivity index (χ2n) is 9.67. The van der Waals surface area contributed by atoms with Gasteiger partial charge in [0.05, 0.1) is 19.1 Å². The highest BCUT2D eigenvalue weighted by Gasteiger charge is 2.43. The molecule has 37 heavy (non-hydrogen) atoms. The van der Waals surface area contributed by atoms with Gasteiger partial charge in [-0.25, -0.2) is 4.98 Å². The number of aliphatic hydroxyl groups is 1. The van der Waals surface area contributed by atoms with Crippen molar-refractivity contribution in [1.29, 1.82) is 0 Å². The van der Waals surface area contributed by atoms with Crippen LogP contribution in [0.15, 0.2) is 122 Å². The zero-order valence-electron chi connectivity index (χ0n) is 20.9. The smallest absolute Gasteiger partial charge is 0.133 e. The Morgan fingerprint density at radius 1 is 0.784 bits per heavy atom. The number of rotatable bonds is 6. The van der Waals surface area contributed by atoms with Gasteiger partial charge in [-0.2, -0.15) is 0 Å². The van der Waals surface area contributed by atoms with Crippen LogP contribution in [0.2, 0.25) is 0 Å². The summed E-state index contributed by atoms with van der Waals surface area (Å²) in [5, 5.41) is 12.2. The standard InChI is InChI=1S/C33H30N2O2/c1-37-30-21-11-20-29-28(30)19-12-22-32(29,36)31-23-35(24-34-31)33(25-13-5-2-6-14-25,26-15-7-3-8-16-26)27-17-9-4-10-18-27/h2-11,13-18,20-21,23-24,36H,12,19,22H2,1H3. The highest BCUT2D eigenvalue weighted by atomic mass is 16.5. The first-order chi connectivity index (χ1) is 18.2. The number of benzene rings is 4. The second-order valence-corrected chi connectivity index (χ2v) is 9.67. The number of fused-ring (bicyclic) bond motifs is 1. The van der Waals surface area contributed by atoms with Crippen molar-refractivity contribution in [2.75, 3.05) is 7.11 Å². The Labute approximate surface area is 217 Å². The van der Waals surface area contributed by atoms with Crippen molar-refractivity contribution in [3.8, 4) is 5.75 Å². The van der Waals surface area contributed by atoms with Crippen LogP contribution in [0.5, 0.6) is 5.75 Å². The largest absolute Gasteiger partial charge is 0.496 e. The SMILES string of the molecule is COc1cccc2c1CCCC2(O)c1cn(C(c2ccccc2)(c2ccccc2)c2ccccc2)cn1. The second kappa shape index (κ2) is 9.38. The summed E-state index contributed by atoms with van der Waals surface area (Å²) in [6, 6.07) is 37.5. The highest BCUT2D eigenvalue weighted by molar-refractivity contribution is 5.52. The number of hydrogen-bond acceptors (Lipinski definition) is 3. The molecule has 0 aliphatic heterocycles. The van der Waals surface area contributed by atoms with E-state index in [4.69, 9.17) is 9.72 Å². The molecular formula is C33H30N2O2. The summed E-state index contributed by atoms with van der Waals surface area (Å²) in [5.41, 5.74) is 4.09. The molecule has 1 aliphatic carbocycles. The predicted octanol–water partition coefficient (Wildman–Crippen LogP) is 6.30. The van der Waals surface area contributed by atoms with Crippen molar-refractivity contribution < 1.29 is 9.84 Å². The number of methoxy groups -OCH3 is 1. The Kier molecular flexibility index (Phi) is 5.90. The molecule has 1 N–H and O–H groups in total. The lowest BCUT2D eigenvalue weighted by atomic mass is 9.76. The Hall–Kier alpha value is -4.15. The minimum Gasteiger partial charge on any atom is -0.496 e. The van der Waals surface area contributed by atoms with Crippen molar-refractivity contribution in [2.45, 2.75) is 30.4 Å². The van der Waals surface area contributed by atoms with Crippen molar-refractivity contribution in [3.63, 3.8) is 0 Å². The highest BCUT2D eigenvalue weighted by Crippen LogP contribution is 2.45. The predicted molar refractivity (Wildman–Crippen MR) is 146 cm³/mol. The lowest BCUT2D eigenvalue weighted by molar-refractivity contribution is 0.0569. The topological polar surface area (TPSA) is 47.3 Å². The van der Waals surface area contributed by atoms with E-state index in [0.717, 1.165) is 46.4 Å². The molecule has 1 heterocycles. The van der Waals surface area contributed by atoms with E-state index < -0.39 is 11.1 Å². The molecule has 1 aliphatic rings. The molecule has 0 saturated heterocycles. The molecule has 0 radical (unpaired) electrons. The van der Waals surface area contributed by atoms with E-state index in [1.54, 1.807) is 7.11 Å². The molecule has 1 unspecified atom stereocenters. The zero-order valence-corrected chi connectivity index (χ0v) is 20.9. The minimum atomic E-state index is -1.19. The van der Waals surface area contributed by atoms with E-state index in [-0.39, 0.29) is 0 Å². The molecule has 0 fully saturated rings. The van der Waals surface area contributed by atoms with Gasteiger partial charge in [-0.3, -0.25) is 0 Å². The van der Waals surface area contributed by atoms with E-state index in [1.807, 2.05) is 48.9 Å². The van der Waals surface area contributed by atoms with Gasteiger partial charge in [0.25, 0.3) is 0 Å². The summed E-state index contributed by atoms with van der Waals surface area (Å²) < 4.78 is 7.80. The first-order valence-electron chi connectivity index (χ1n) is 12.8. The summed E-state index contributed by atoms with van der Waals surface area (Å²) in [4.78, 5) is 4.88. The first-order valence-corrected chi connectivity index (χ1v) is 12.8. The number of hydrogen-bond donors (Lipinski definition) is 1. The molecule has 0 saturated carbocycles. The Bertz CT molecular complexity index is 1400. The molecule has 4 aromatic carbocycles. The van der Waals surface area contributed by atoms with Crippen LogP contribution < -0.4 is 4.74 Å². The minimum absolute atomic E-state index is 0.610. The molecule has 5 aromatic rings. The summed E-state index contributed by atoms with van der Waals surface area (Å²) in [6.07, 6.45) is 6.25. The number of nitrogens with zero attached hydrogens (tertiary/aromatic N) is 2. The van der Waals surface area contributed by atoms with Gasteiger partial charge in [0.15, 0.2) is 0 Å². The molecule has 6 rings (SSSR count). The summed E-state index contributed by atoms with van der Waals surface area (Å²) in [6.45, 7) is 0. The van der Waals surface area contributed by atoms with Gasteiger partial charge >= 0.3 is 0 Å². The van der Waals surface area contributed by atoms with Crippen molar-refractivity contribution >= 4 is 0 Å². The maximum absolute atomic E-state index is 12.2. The Balaban J connectivity index is 1.60. The fraction of sp³-hybridized carbons (Fsp3) is 0.182. The van der Waals surface area contributed by atoms with E-state index in [9.17, 15) is 5.11 Å². The lowest BCUT2D eigenvalue weighted by Crippen LogP contribution is -2.37. The van der Waals surface area contributed by atoms with E-state index in [1.165, 1.54) is 0 Å².